The molecule has 11 rings (SSSR count). The first-order valence-corrected chi connectivity index (χ1v) is 19.2. The minimum atomic E-state index is 0.774. The van der Waals surface area contributed by atoms with Gasteiger partial charge in [-0.25, -0.2) is 9.97 Å². The fourth-order valence-electron chi connectivity index (χ4n) is 9.01. The molecule has 11 aromatic rings. The van der Waals surface area contributed by atoms with Gasteiger partial charge in [0.1, 0.15) is 11.6 Å². The second-order valence-electron chi connectivity index (χ2n) is 14.4. The van der Waals surface area contributed by atoms with Crippen molar-refractivity contribution in [2.45, 2.75) is 13.3 Å². The zero-order valence-electron chi connectivity index (χ0n) is 30.9. The van der Waals surface area contributed by atoms with E-state index in [0.717, 1.165) is 84.2 Å². The highest BCUT2D eigenvalue weighted by molar-refractivity contribution is 6.39. The van der Waals surface area contributed by atoms with Crippen LogP contribution in [0, 0.1) is 0 Å². The predicted molar refractivity (Wildman–Crippen MR) is 238 cm³/mol. The molecule has 0 atom stereocenters. The maximum absolute atomic E-state index is 5.67. The Morgan fingerprint density at radius 1 is 0.536 bits per heavy atom. The summed E-state index contributed by atoms with van der Waals surface area (Å²) in [6.45, 7) is 6.09. The lowest BCUT2D eigenvalue weighted by Crippen LogP contribution is -2.00. The lowest BCUT2D eigenvalue weighted by Gasteiger charge is -2.17. The van der Waals surface area contributed by atoms with Crippen LogP contribution in [0.3, 0.4) is 0 Å². The zero-order chi connectivity index (χ0) is 37.3. The number of rotatable bonds is 7. The molecule has 0 amide bonds. The van der Waals surface area contributed by atoms with Crippen molar-refractivity contribution in [1.82, 2.24) is 19.1 Å². The van der Waals surface area contributed by atoms with E-state index in [9.17, 15) is 0 Å². The zero-order valence-corrected chi connectivity index (χ0v) is 30.9. The Bertz CT molecular complexity index is 3400. The van der Waals surface area contributed by atoms with Crippen LogP contribution in [0.2, 0.25) is 0 Å². The lowest BCUT2D eigenvalue weighted by molar-refractivity contribution is 1.11. The van der Waals surface area contributed by atoms with E-state index >= 15 is 0 Å². The average Bonchev–Trinajstić information content (AvgIpc) is 3.86. The van der Waals surface area contributed by atoms with Gasteiger partial charge in [-0.1, -0.05) is 158 Å². The molecular formula is C52H36N4. The Labute approximate surface area is 323 Å². The van der Waals surface area contributed by atoms with E-state index in [4.69, 9.17) is 9.97 Å². The number of allylic oxidation sites excluding steroid dienone is 5. The molecule has 0 radical (unpaired) electrons. The van der Waals surface area contributed by atoms with Gasteiger partial charge < -0.3 is 0 Å². The third-order valence-corrected chi connectivity index (χ3v) is 11.4. The molecule has 0 saturated carbocycles. The van der Waals surface area contributed by atoms with Crippen LogP contribution in [0.15, 0.2) is 183 Å². The monoisotopic (exact) mass is 716 g/mol. The fraction of sp³-hybridized carbons (Fsp3) is 0.0385. The first kappa shape index (κ1) is 32.2. The first-order chi connectivity index (χ1) is 27.7. The Kier molecular flexibility index (Phi) is 7.26. The minimum Gasteiger partial charge on any atom is -0.292 e. The van der Waals surface area contributed by atoms with Gasteiger partial charge in [-0.05, 0) is 53.1 Å². The smallest absolute Gasteiger partial charge is 0.146 e. The summed E-state index contributed by atoms with van der Waals surface area (Å²) in [4.78, 5) is 11.3. The van der Waals surface area contributed by atoms with E-state index in [1.54, 1.807) is 0 Å². The normalized spacial score (nSPS) is 12.6. The molecule has 264 valence electrons. The molecule has 0 unspecified atom stereocenters. The summed E-state index contributed by atoms with van der Waals surface area (Å²) in [5.74, 6) is 1.84. The third-order valence-electron chi connectivity index (χ3n) is 11.4. The fourth-order valence-corrected chi connectivity index (χ4v) is 9.01. The van der Waals surface area contributed by atoms with Crippen LogP contribution in [0.1, 0.15) is 13.3 Å². The van der Waals surface area contributed by atoms with Crippen molar-refractivity contribution in [3.05, 3.63) is 183 Å². The molecule has 2 aromatic heterocycles. The topological polar surface area (TPSA) is 35.6 Å². The number of aromatic nitrogens is 4. The molecular weight excluding hydrogens is 681 g/mol. The highest BCUT2D eigenvalue weighted by atomic mass is 15.1. The molecule has 0 aliphatic heterocycles. The Hall–Kier alpha value is -7.30. The SMILES string of the molecule is C=CC/C=C\C(=C/C)n1c(-c2cccc3ccccc23)nc2c3cccc4c3c3c(cccc3c21)c1nc(-c2cccc3ccccc23)n(-c2ccccc2)c41. The molecule has 0 fully saturated rings. The summed E-state index contributed by atoms with van der Waals surface area (Å²) in [6.07, 6.45) is 9.27. The molecule has 0 spiro atoms. The van der Waals surface area contributed by atoms with Crippen molar-refractivity contribution < 1.29 is 0 Å². The van der Waals surface area contributed by atoms with Gasteiger partial charge in [0.2, 0.25) is 0 Å². The summed E-state index contributed by atoms with van der Waals surface area (Å²) < 4.78 is 4.75. The van der Waals surface area contributed by atoms with Crippen LogP contribution in [0.5, 0.6) is 0 Å². The van der Waals surface area contributed by atoms with E-state index in [2.05, 4.69) is 193 Å². The molecule has 0 bridgehead atoms. The molecule has 56 heavy (non-hydrogen) atoms. The van der Waals surface area contributed by atoms with E-state index < -0.39 is 0 Å². The maximum Gasteiger partial charge on any atom is 0.146 e. The molecule has 0 aliphatic rings. The van der Waals surface area contributed by atoms with Gasteiger partial charge in [0.25, 0.3) is 0 Å². The molecule has 0 saturated heterocycles. The first-order valence-electron chi connectivity index (χ1n) is 19.2. The van der Waals surface area contributed by atoms with Crippen LogP contribution in [0.4, 0.5) is 0 Å². The summed E-state index contributed by atoms with van der Waals surface area (Å²) in [5, 5.41) is 11.7. The van der Waals surface area contributed by atoms with Crippen LogP contribution in [-0.4, -0.2) is 19.1 Å². The molecule has 4 nitrogen and oxygen atoms in total. The standard InChI is InChI=1S/C52H36N4/c1-3-5-7-22-35(4-2)55-49-43-31-16-30-42-45(43)46-41(47(49)53-51(55)39-27-14-20-33-18-10-12-25-37(33)39)29-17-32-44(46)50-48(42)54-52(56(50)36-23-8-6-9-24-36)40-28-15-21-34-19-11-13-26-38(34)40/h3-4,6-32H,1,5H2,2H3/b22-7-,35-4+. The van der Waals surface area contributed by atoms with E-state index in [1.807, 2.05) is 6.08 Å². The van der Waals surface area contributed by atoms with E-state index in [-0.39, 0.29) is 0 Å². The predicted octanol–water partition coefficient (Wildman–Crippen LogP) is 13.9. The Morgan fingerprint density at radius 2 is 1.04 bits per heavy atom. The molecule has 9 aromatic carbocycles. The Balaban J connectivity index is 1.34. The number of benzene rings is 9. The average molecular weight is 717 g/mol. The van der Waals surface area contributed by atoms with Crippen LogP contribution < -0.4 is 0 Å². The van der Waals surface area contributed by atoms with Gasteiger partial charge in [-0.3, -0.25) is 9.13 Å². The highest BCUT2D eigenvalue weighted by Gasteiger charge is 2.27. The van der Waals surface area contributed by atoms with Gasteiger partial charge in [-0.15, -0.1) is 6.58 Å². The number of imidazole rings is 2. The lowest BCUT2D eigenvalue weighted by atomic mass is 9.91. The van der Waals surface area contributed by atoms with Crippen LogP contribution in [0.25, 0.3) is 110 Å². The van der Waals surface area contributed by atoms with Crippen molar-refractivity contribution in [2.24, 2.45) is 0 Å². The second kappa shape index (κ2) is 12.6. The van der Waals surface area contributed by atoms with Crippen molar-refractivity contribution in [3.63, 3.8) is 0 Å². The molecule has 0 aliphatic carbocycles. The number of para-hydroxylation sites is 1. The molecule has 2 heterocycles. The number of fused-ring (bicyclic) bond motifs is 8. The van der Waals surface area contributed by atoms with E-state index in [1.165, 1.54) is 32.3 Å². The summed E-state index contributed by atoms with van der Waals surface area (Å²) in [5.41, 5.74) is 8.48. The minimum absolute atomic E-state index is 0.774. The summed E-state index contributed by atoms with van der Waals surface area (Å²) in [7, 11) is 0. The highest BCUT2D eigenvalue weighted by Crippen LogP contribution is 2.48. The van der Waals surface area contributed by atoms with Crippen LogP contribution >= 0.6 is 0 Å². The quantitative estimate of drug-likeness (QED) is 0.0935. The van der Waals surface area contributed by atoms with Crippen molar-refractivity contribution in [1.29, 1.82) is 0 Å². The van der Waals surface area contributed by atoms with Gasteiger partial charge in [0, 0.05) is 54.8 Å². The number of hydrogen-bond donors (Lipinski definition) is 0. The third kappa shape index (κ3) is 4.59. The van der Waals surface area contributed by atoms with Crippen molar-refractivity contribution >= 4 is 81.6 Å². The van der Waals surface area contributed by atoms with Gasteiger partial charge in [0.05, 0.1) is 22.1 Å². The number of hydrogen-bond acceptors (Lipinski definition) is 2. The van der Waals surface area contributed by atoms with Crippen LogP contribution in [-0.2, 0) is 0 Å². The van der Waals surface area contributed by atoms with Gasteiger partial charge in [-0.2, -0.15) is 0 Å². The van der Waals surface area contributed by atoms with Gasteiger partial charge in [0.15, 0.2) is 0 Å². The number of nitrogens with zero attached hydrogens (tertiary/aromatic N) is 4. The van der Waals surface area contributed by atoms with Crippen molar-refractivity contribution in [3.8, 4) is 28.5 Å². The Morgan fingerprint density at radius 3 is 1.68 bits per heavy atom. The van der Waals surface area contributed by atoms with Crippen molar-refractivity contribution in [2.75, 3.05) is 0 Å². The summed E-state index contributed by atoms with van der Waals surface area (Å²) >= 11 is 0. The van der Waals surface area contributed by atoms with E-state index in [0.29, 0.717) is 0 Å². The molecule has 4 heteroatoms. The second-order valence-corrected chi connectivity index (χ2v) is 14.4. The largest absolute Gasteiger partial charge is 0.292 e. The summed E-state index contributed by atoms with van der Waals surface area (Å²) in [6, 6.07) is 54.4. The maximum atomic E-state index is 5.67. The van der Waals surface area contributed by atoms with Gasteiger partial charge >= 0.3 is 0 Å². The molecule has 0 N–H and O–H groups in total.